The second-order valence-electron chi connectivity index (χ2n) is 6.91. The Morgan fingerprint density at radius 1 is 1.21 bits per heavy atom. The number of amides is 1. The maximum absolute atomic E-state index is 12.7. The summed E-state index contributed by atoms with van der Waals surface area (Å²) in [4.78, 5) is 15.1. The van der Waals surface area contributed by atoms with Crippen molar-refractivity contribution in [3.05, 3.63) is 53.1 Å². The lowest BCUT2D eigenvalue weighted by molar-refractivity contribution is 0.0930. The SMILES string of the molecule is CCCOc1c(Cl)cc(C(=O)NC2CCN(c3ccccc3)CC2)cc1OC. The van der Waals surface area contributed by atoms with Gasteiger partial charge in [0.05, 0.1) is 18.7 Å². The Labute approximate surface area is 171 Å². The first-order valence-electron chi connectivity index (χ1n) is 9.73. The molecule has 2 aromatic rings. The van der Waals surface area contributed by atoms with E-state index in [4.69, 9.17) is 21.1 Å². The van der Waals surface area contributed by atoms with Crippen LogP contribution in [0, 0.1) is 0 Å². The fourth-order valence-corrected chi connectivity index (χ4v) is 3.65. The van der Waals surface area contributed by atoms with Gasteiger partial charge >= 0.3 is 0 Å². The lowest BCUT2D eigenvalue weighted by Gasteiger charge is -2.34. The molecule has 1 N–H and O–H groups in total. The van der Waals surface area contributed by atoms with Crippen LogP contribution in [0.15, 0.2) is 42.5 Å². The monoisotopic (exact) mass is 402 g/mol. The Morgan fingerprint density at radius 3 is 2.57 bits per heavy atom. The zero-order valence-electron chi connectivity index (χ0n) is 16.4. The molecule has 0 spiro atoms. The van der Waals surface area contributed by atoms with Gasteiger partial charge in [0.1, 0.15) is 0 Å². The molecule has 28 heavy (non-hydrogen) atoms. The first-order chi connectivity index (χ1) is 13.6. The average molecular weight is 403 g/mol. The Morgan fingerprint density at radius 2 is 1.93 bits per heavy atom. The lowest BCUT2D eigenvalue weighted by atomic mass is 10.0. The number of hydrogen-bond acceptors (Lipinski definition) is 4. The second-order valence-corrected chi connectivity index (χ2v) is 7.32. The van der Waals surface area contributed by atoms with Crippen LogP contribution in [0.4, 0.5) is 5.69 Å². The van der Waals surface area contributed by atoms with Crippen molar-refractivity contribution in [3.8, 4) is 11.5 Å². The predicted octanol–water partition coefficient (Wildman–Crippen LogP) is 4.54. The van der Waals surface area contributed by atoms with Gasteiger partial charge < -0.3 is 19.7 Å². The van der Waals surface area contributed by atoms with Crippen molar-refractivity contribution in [2.75, 3.05) is 31.7 Å². The number of halogens is 1. The molecular weight excluding hydrogens is 376 g/mol. The summed E-state index contributed by atoms with van der Waals surface area (Å²) in [7, 11) is 1.55. The topological polar surface area (TPSA) is 50.8 Å². The van der Waals surface area contributed by atoms with Crippen LogP contribution in [-0.2, 0) is 0 Å². The number of ether oxygens (including phenoxy) is 2. The van der Waals surface area contributed by atoms with E-state index < -0.39 is 0 Å². The highest BCUT2D eigenvalue weighted by atomic mass is 35.5. The molecule has 150 valence electrons. The van der Waals surface area contributed by atoms with E-state index in [1.165, 1.54) is 5.69 Å². The molecule has 0 saturated carbocycles. The third-order valence-corrected chi connectivity index (χ3v) is 5.17. The van der Waals surface area contributed by atoms with Gasteiger partial charge in [-0.2, -0.15) is 0 Å². The van der Waals surface area contributed by atoms with Crippen molar-refractivity contribution in [2.24, 2.45) is 0 Å². The zero-order chi connectivity index (χ0) is 19.9. The minimum atomic E-state index is -0.139. The summed E-state index contributed by atoms with van der Waals surface area (Å²) in [5.74, 6) is 0.823. The van der Waals surface area contributed by atoms with Crippen LogP contribution in [0.1, 0.15) is 36.5 Å². The number of para-hydroxylation sites is 1. The van der Waals surface area contributed by atoms with Crippen molar-refractivity contribution in [3.63, 3.8) is 0 Å². The number of rotatable bonds is 7. The molecule has 0 bridgehead atoms. The molecule has 1 aliphatic rings. The largest absolute Gasteiger partial charge is 0.493 e. The van der Waals surface area contributed by atoms with E-state index in [-0.39, 0.29) is 11.9 Å². The van der Waals surface area contributed by atoms with Crippen molar-refractivity contribution in [1.29, 1.82) is 0 Å². The summed E-state index contributed by atoms with van der Waals surface area (Å²) in [6.45, 7) is 4.40. The highest BCUT2D eigenvalue weighted by Crippen LogP contribution is 2.36. The summed E-state index contributed by atoms with van der Waals surface area (Å²) in [6.07, 6.45) is 2.68. The Balaban J connectivity index is 1.61. The number of nitrogens with one attached hydrogen (secondary N) is 1. The molecule has 0 unspecified atom stereocenters. The lowest BCUT2D eigenvalue weighted by Crippen LogP contribution is -2.44. The average Bonchev–Trinajstić information content (AvgIpc) is 2.73. The number of methoxy groups -OCH3 is 1. The predicted molar refractivity (Wildman–Crippen MR) is 113 cm³/mol. The number of hydrogen-bond donors (Lipinski definition) is 1. The van der Waals surface area contributed by atoms with Gasteiger partial charge in [-0.3, -0.25) is 4.79 Å². The fraction of sp³-hybridized carbons (Fsp3) is 0.409. The van der Waals surface area contributed by atoms with Gasteiger partial charge in [0, 0.05) is 30.4 Å². The van der Waals surface area contributed by atoms with Crippen molar-refractivity contribution in [2.45, 2.75) is 32.2 Å². The van der Waals surface area contributed by atoms with Gasteiger partial charge in [0.25, 0.3) is 5.91 Å². The van der Waals surface area contributed by atoms with Gasteiger partial charge in [-0.25, -0.2) is 0 Å². The highest BCUT2D eigenvalue weighted by Gasteiger charge is 2.22. The van der Waals surface area contributed by atoms with Crippen molar-refractivity contribution in [1.82, 2.24) is 5.32 Å². The molecule has 1 heterocycles. The first-order valence-corrected chi connectivity index (χ1v) is 10.1. The summed E-state index contributed by atoms with van der Waals surface area (Å²) >= 11 is 6.33. The molecule has 0 radical (unpaired) electrons. The molecule has 0 aromatic heterocycles. The third kappa shape index (κ3) is 4.90. The van der Waals surface area contributed by atoms with Gasteiger partial charge in [-0.05, 0) is 43.5 Å². The van der Waals surface area contributed by atoms with Crippen molar-refractivity contribution >= 4 is 23.2 Å². The quantitative estimate of drug-likeness (QED) is 0.738. The van der Waals surface area contributed by atoms with Gasteiger partial charge in [-0.1, -0.05) is 36.7 Å². The summed E-state index contributed by atoms with van der Waals surface area (Å²) in [5.41, 5.74) is 1.71. The Hall–Kier alpha value is -2.40. The minimum absolute atomic E-state index is 0.139. The number of carbonyl (C=O) groups is 1. The van der Waals surface area contributed by atoms with E-state index in [0.717, 1.165) is 32.4 Å². The summed E-state index contributed by atoms with van der Waals surface area (Å²) in [6, 6.07) is 13.8. The Bertz CT molecular complexity index is 790. The molecule has 1 saturated heterocycles. The van der Waals surface area contributed by atoms with E-state index in [9.17, 15) is 4.79 Å². The van der Waals surface area contributed by atoms with E-state index in [2.05, 4.69) is 22.3 Å². The van der Waals surface area contributed by atoms with E-state index in [1.54, 1.807) is 19.2 Å². The van der Waals surface area contributed by atoms with Crippen LogP contribution in [-0.4, -0.2) is 38.8 Å². The van der Waals surface area contributed by atoms with Gasteiger partial charge in [0.15, 0.2) is 11.5 Å². The normalized spacial score (nSPS) is 14.6. The highest BCUT2D eigenvalue weighted by molar-refractivity contribution is 6.32. The molecule has 1 aliphatic heterocycles. The number of nitrogens with zero attached hydrogens (tertiary/aromatic N) is 1. The second kappa shape index (κ2) is 9.69. The number of anilines is 1. The van der Waals surface area contributed by atoms with Crippen LogP contribution in [0.2, 0.25) is 5.02 Å². The van der Waals surface area contributed by atoms with Crippen molar-refractivity contribution < 1.29 is 14.3 Å². The zero-order valence-corrected chi connectivity index (χ0v) is 17.2. The molecule has 0 aliphatic carbocycles. The number of benzene rings is 2. The number of carbonyl (C=O) groups excluding carboxylic acids is 1. The third-order valence-electron chi connectivity index (χ3n) is 4.89. The molecular formula is C22H27ClN2O3. The standard InChI is InChI=1S/C22H27ClN2O3/c1-3-13-28-21-19(23)14-16(15-20(21)27-2)22(26)24-17-9-11-25(12-10-17)18-7-5-4-6-8-18/h4-8,14-15,17H,3,9-13H2,1-2H3,(H,24,26). The first kappa shape index (κ1) is 20.3. The molecule has 2 aromatic carbocycles. The van der Waals surface area contributed by atoms with Crippen LogP contribution < -0.4 is 19.7 Å². The molecule has 5 nitrogen and oxygen atoms in total. The van der Waals surface area contributed by atoms with E-state index >= 15 is 0 Å². The number of piperidine rings is 1. The molecule has 1 fully saturated rings. The molecule has 0 atom stereocenters. The van der Waals surface area contributed by atoms with Gasteiger partial charge in [-0.15, -0.1) is 0 Å². The van der Waals surface area contributed by atoms with Gasteiger partial charge in [0.2, 0.25) is 0 Å². The molecule has 1 amide bonds. The van der Waals surface area contributed by atoms with E-state index in [0.29, 0.717) is 28.7 Å². The summed E-state index contributed by atoms with van der Waals surface area (Å²) in [5, 5.41) is 3.51. The van der Waals surface area contributed by atoms with Crippen LogP contribution in [0.25, 0.3) is 0 Å². The molecule has 3 rings (SSSR count). The maximum Gasteiger partial charge on any atom is 0.251 e. The van der Waals surface area contributed by atoms with Crippen LogP contribution in [0.3, 0.4) is 0 Å². The Kier molecular flexibility index (Phi) is 7.04. The minimum Gasteiger partial charge on any atom is -0.493 e. The summed E-state index contributed by atoms with van der Waals surface area (Å²) < 4.78 is 11.0. The van der Waals surface area contributed by atoms with E-state index in [1.807, 2.05) is 25.1 Å². The molecule has 6 heteroatoms. The van der Waals surface area contributed by atoms with Crippen LogP contribution in [0.5, 0.6) is 11.5 Å². The fourth-order valence-electron chi connectivity index (χ4n) is 3.38. The van der Waals surface area contributed by atoms with Crippen LogP contribution >= 0.6 is 11.6 Å². The smallest absolute Gasteiger partial charge is 0.251 e. The maximum atomic E-state index is 12.7.